The van der Waals surface area contributed by atoms with Crippen LogP contribution in [-0.2, 0) is 63.8 Å². The molecule has 256 valence electrons. The molecule has 4 aromatic rings. The van der Waals surface area contributed by atoms with E-state index in [1.807, 2.05) is 0 Å². The summed E-state index contributed by atoms with van der Waals surface area (Å²) in [5.74, 6) is -2.36. The van der Waals surface area contributed by atoms with E-state index < -0.39 is 29.3 Å². The Balaban J connectivity index is 1.54. The van der Waals surface area contributed by atoms with Crippen LogP contribution in [0.15, 0.2) is 117 Å². The Morgan fingerprint density at radius 1 is 0.408 bits per heavy atom. The van der Waals surface area contributed by atoms with Crippen LogP contribution >= 0.6 is 50.5 Å². The summed E-state index contributed by atoms with van der Waals surface area (Å²) in [6.45, 7) is -1.54. The maximum Gasteiger partial charge on any atom is 0.310 e. The topological polar surface area (TPSA) is 105 Å². The maximum absolute atomic E-state index is 13.0. The number of thiol groups is 4. The van der Waals surface area contributed by atoms with Crippen LogP contribution in [0.4, 0.5) is 0 Å². The number of carbonyl (C=O) groups is 4. The molecule has 0 unspecified atom stereocenters. The first-order valence-electron chi connectivity index (χ1n) is 15.2. The third-order valence-corrected chi connectivity index (χ3v) is 8.31. The van der Waals surface area contributed by atoms with E-state index in [4.69, 9.17) is 18.9 Å². The monoisotopic (exact) mass is 736 g/mol. The minimum atomic E-state index is -1.44. The van der Waals surface area contributed by atoms with Crippen LogP contribution in [0.5, 0.6) is 0 Å². The molecule has 0 heterocycles. The first-order chi connectivity index (χ1) is 23.5. The molecule has 0 aliphatic rings. The van der Waals surface area contributed by atoms with Gasteiger partial charge in [0.15, 0.2) is 0 Å². The summed E-state index contributed by atoms with van der Waals surface area (Å²) < 4.78 is 22.7. The number of carbonyl (C=O) groups excluding carboxylic acids is 4. The summed E-state index contributed by atoms with van der Waals surface area (Å²) in [6.07, 6.45) is -0.262. The van der Waals surface area contributed by atoms with Crippen molar-refractivity contribution in [1.29, 1.82) is 0 Å². The molecule has 0 amide bonds. The molecule has 0 radical (unpaired) electrons. The van der Waals surface area contributed by atoms with Gasteiger partial charge in [-0.15, -0.1) is 50.5 Å². The molecular weight excluding hydrogens is 701 g/mol. The molecule has 4 aromatic carbocycles. The first-order valence-corrected chi connectivity index (χ1v) is 17.0. The average Bonchev–Trinajstić information content (AvgIpc) is 3.04. The van der Waals surface area contributed by atoms with Crippen molar-refractivity contribution < 1.29 is 38.1 Å². The predicted octanol–water partition coefficient (Wildman–Crippen LogP) is 6.27. The first kappa shape index (κ1) is 38.0. The molecule has 0 atom stereocenters. The zero-order chi connectivity index (χ0) is 35.2. The quantitative estimate of drug-likeness (QED) is 0.0607. The van der Waals surface area contributed by atoms with Gasteiger partial charge < -0.3 is 18.9 Å². The van der Waals surface area contributed by atoms with E-state index >= 15 is 0 Å². The molecule has 0 fully saturated rings. The molecule has 0 spiro atoms. The van der Waals surface area contributed by atoms with Crippen molar-refractivity contribution >= 4 is 74.4 Å². The number of rotatable bonds is 16. The molecule has 0 saturated carbocycles. The summed E-state index contributed by atoms with van der Waals surface area (Å²) in [6, 6.07) is 28.2. The van der Waals surface area contributed by atoms with Gasteiger partial charge in [-0.25, -0.2) is 0 Å². The second-order valence-electron chi connectivity index (χ2n) is 11.5. The van der Waals surface area contributed by atoms with E-state index in [0.29, 0.717) is 41.8 Å². The highest BCUT2D eigenvalue weighted by Crippen LogP contribution is 2.24. The molecule has 0 aliphatic heterocycles. The number of benzene rings is 4. The van der Waals surface area contributed by atoms with E-state index in [-0.39, 0.29) is 52.1 Å². The van der Waals surface area contributed by atoms with Gasteiger partial charge in [0.1, 0.15) is 31.8 Å². The largest absolute Gasteiger partial charge is 0.464 e. The number of ether oxygens (including phenoxy) is 4. The summed E-state index contributed by atoms with van der Waals surface area (Å²) in [5.41, 5.74) is 1.27. The molecule has 0 saturated heterocycles. The second kappa shape index (κ2) is 18.8. The Morgan fingerprint density at radius 2 is 0.633 bits per heavy atom. The third kappa shape index (κ3) is 13.5. The molecule has 8 nitrogen and oxygen atoms in total. The number of hydrogen-bond donors (Lipinski definition) is 4. The van der Waals surface area contributed by atoms with Gasteiger partial charge in [0.25, 0.3) is 0 Å². The van der Waals surface area contributed by atoms with Gasteiger partial charge in [0.2, 0.25) is 0 Å². The van der Waals surface area contributed by atoms with E-state index in [0.717, 1.165) is 0 Å². The Hall–Kier alpha value is -3.84. The van der Waals surface area contributed by atoms with Crippen molar-refractivity contribution in [1.82, 2.24) is 0 Å². The van der Waals surface area contributed by atoms with Crippen molar-refractivity contribution in [2.75, 3.05) is 26.4 Å². The van der Waals surface area contributed by atoms with E-state index in [1.54, 1.807) is 97.1 Å². The van der Waals surface area contributed by atoms with Crippen LogP contribution in [0.2, 0.25) is 0 Å². The minimum Gasteiger partial charge on any atom is -0.464 e. The average molecular weight is 737 g/mol. The van der Waals surface area contributed by atoms with Crippen molar-refractivity contribution in [2.24, 2.45) is 5.41 Å². The van der Waals surface area contributed by atoms with Crippen LogP contribution in [0, 0.1) is 5.41 Å². The molecule has 4 rings (SSSR count). The maximum atomic E-state index is 13.0. The fourth-order valence-corrected chi connectivity index (χ4v) is 5.73. The summed E-state index contributed by atoms with van der Waals surface area (Å²) in [7, 11) is 0. The lowest BCUT2D eigenvalue weighted by atomic mass is 9.92. The molecule has 0 bridgehead atoms. The minimum absolute atomic E-state index is 0.0654. The zero-order valence-corrected chi connectivity index (χ0v) is 30.0. The molecule has 49 heavy (non-hydrogen) atoms. The lowest BCUT2D eigenvalue weighted by Crippen LogP contribution is -2.44. The highest BCUT2D eigenvalue weighted by Gasteiger charge is 2.38. The highest BCUT2D eigenvalue weighted by molar-refractivity contribution is 7.80. The Morgan fingerprint density at radius 3 is 0.837 bits per heavy atom. The molecular formula is C37H36O8S4. The SMILES string of the molecule is O=C(Cc1cccc(S)c1)OCC(COC(=O)Cc1cccc(S)c1)(COC(=O)Cc1cccc(S)c1)COC(=O)Cc1cccc(S)c1. The lowest BCUT2D eigenvalue weighted by molar-refractivity contribution is -0.169. The van der Waals surface area contributed by atoms with E-state index in [9.17, 15) is 19.2 Å². The van der Waals surface area contributed by atoms with Crippen LogP contribution in [0.1, 0.15) is 22.3 Å². The zero-order valence-electron chi connectivity index (χ0n) is 26.4. The van der Waals surface area contributed by atoms with Gasteiger partial charge in [-0.3, -0.25) is 19.2 Å². The fourth-order valence-electron chi connectivity index (χ4n) is 4.72. The van der Waals surface area contributed by atoms with Gasteiger partial charge in [-0.2, -0.15) is 0 Å². The smallest absolute Gasteiger partial charge is 0.310 e. The van der Waals surface area contributed by atoms with Gasteiger partial charge in [0.05, 0.1) is 25.7 Å². The predicted molar refractivity (Wildman–Crippen MR) is 196 cm³/mol. The van der Waals surface area contributed by atoms with Crippen molar-refractivity contribution in [3.8, 4) is 0 Å². The van der Waals surface area contributed by atoms with Crippen LogP contribution in [0.25, 0.3) is 0 Å². The van der Waals surface area contributed by atoms with E-state index in [2.05, 4.69) is 50.5 Å². The molecule has 12 heteroatoms. The Kier molecular flexibility index (Phi) is 14.6. The second-order valence-corrected chi connectivity index (χ2v) is 13.6. The normalized spacial score (nSPS) is 11.0. The summed E-state index contributed by atoms with van der Waals surface area (Å²) in [4.78, 5) is 54.8. The third-order valence-electron chi connectivity index (χ3n) is 7.19. The van der Waals surface area contributed by atoms with Gasteiger partial charge in [0, 0.05) is 19.6 Å². The van der Waals surface area contributed by atoms with Crippen molar-refractivity contribution in [2.45, 2.75) is 45.3 Å². The number of esters is 4. The van der Waals surface area contributed by atoms with Crippen LogP contribution in [0.3, 0.4) is 0 Å². The molecule has 0 N–H and O–H groups in total. The summed E-state index contributed by atoms with van der Waals surface area (Å²) in [5, 5.41) is 0. The van der Waals surface area contributed by atoms with Crippen molar-refractivity contribution in [3.05, 3.63) is 119 Å². The summed E-state index contributed by atoms with van der Waals surface area (Å²) >= 11 is 17.3. The van der Waals surface area contributed by atoms with Crippen molar-refractivity contribution in [3.63, 3.8) is 0 Å². The van der Waals surface area contributed by atoms with Gasteiger partial charge >= 0.3 is 23.9 Å². The molecule has 0 aromatic heterocycles. The van der Waals surface area contributed by atoms with Crippen LogP contribution in [-0.4, -0.2) is 50.3 Å². The highest BCUT2D eigenvalue weighted by atomic mass is 32.1. The van der Waals surface area contributed by atoms with Crippen LogP contribution < -0.4 is 0 Å². The number of hydrogen-bond acceptors (Lipinski definition) is 12. The molecule has 0 aliphatic carbocycles. The Labute approximate surface area is 307 Å². The van der Waals surface area contributed by atoms with Gasteiger partial charge in [-0.1, -0.05) is 48.5 Å². The van der Waals surface area contributed by atoms with E-state index in [1.165, 1.54) is 0 Å². The Bertz CT molecular complexity index is 1520. The lowest BCUT2D eigenvalue weighted by Gasteiger charge is -2.31. The fraction of sp³-hybridized carbons (Fsp3) is 0.243. The van der Waals surface area contributed by atoms with Gasteiger partial charge in [-0.05, 0) is 70.8 Å². The standard InChI is InChI=1S/C37H36O8S4/c38-33(17-25-5-1-9-29(46)13-25)42-21-37(22-43-34(39)18-26-6-2-10-30(47)14-26,23-44-35(40)19-27-7-3-11-31(48)15-27)24-45-36(41)20-28-8-4-12-32(49)16-28/h1-16,46-49H,17-24H2.